The van der Waals surface area contributed by atoms with Crippen LogP contribution in [0.3, 0.4) is 0 Å². The molecule has 5 nitrogen and oxygen atoms in total. The molecular weight excluding hydrogens is 256 g/mol. The van der Waals surface area contributed by atoms with E-state index in [9.17, 15) is 9.90 Å². The van der Waals surface area contributed by atoms with Gasteiger partial charge >= 0.3 is 6.03 Å². The van der Waals surface area contributed by atoms with Gasteiger partial charge in [-0.3, -0.25) is 0 Å². The number of rotatable bonds is 5. The Morgan fingerprint density at radius 2 is 2.05 bits per heavy atom. The number of hydrogen-bond acceptors (Lipinski definition) is 3. The summed E-state index contributed by atoms with van der Waals surface area (Å²) in [6.07, 6.45) is 2.14. The molecule has 0 aromatic heterocycles. The molecular formula is C15H22N2O3. The third-order valence-electron chi connectivity index (χ3n) is 3.22. The fraction of sp³-hybridized carbons (Fsp3) is 0.533. The van der Waals surface area contributed by atoms with E-state index in [-0.39, 0.29) is 6.03 Å². The predicted octanol–water partition coefficient (Wildman–Crippen LogP) is 2.46. The van der Waals surface area contributed by atoms with Crippen molar-refractivity contribution in [2.75, 3.05) is 25.0 Å². The molecule has 1 aliphatic heterocycles. The van der Waals surface area contributed by atoms with Gasteiger partial charge in [-0.1, -0.05) is 13.3 Å². The van der Waals surface area contributed by atoms with E-state index in [2.05, 4.69) is 12.2 Å². The highest BCUT2D eigenvalue weighted by Gasteiger charge is 2.39. The van der Waals surface area contributed by atoms with E-state index in [0.29, 0.717) is 19.7 Å². The molecule has 1 aromatic rings. The average molecular weight is 278 g/mol. The molecule has 2 amide bonds. The van der Waals surface area contributed by atoms with Gasteiger partial charge in [-0.15, -0.1) is 0 Å². The summed E-state index contributed by atoms with van der Waals surface area (Å²) in [5.74, 6) is 0.809. The number of benzene rings is 1. The van der Waals surface area contributed by atoms with Crippen LogP contribution in [0.15, 0.2) is 24.3 Å². The second-order valence-electron chi connectivity index (χ2n) is 5.51. The molecule has 20 heavy (non-hydrogen) atoms. The molecule has 0 bridgehead atoms. The van der Waals surface area contributed by atoms with Gasteiger partial charge in [0.05, 0.1) is 25.3 Å². The van der Waals surface area contributed by atoms with Gasteiger partial charge in [0.2, 0.25) is 0 Å². The van der Waals surface area contributed by atoms with Crippen molar-refractivity contribution in [1.82, 2.24) is 4.90 Å². The van der Waals surface area contributed by atoms with Crippen LogP contribution in [0, 0.1) is 0 Å². The number of carbonyl (C=O) groups excluding carboxylic acids is 1. The van der Waals surface area contributed by atoms with Gasteiger partial charge in [0, 0.05) is 5.69 Å². The summed E-state index contributed by atoms with van der Waals surface area (Å²) < 4.78 is 5.56. The van der Waals surface area contributed by atoms with Crippen molar-refractivity contribution in [3.63, 3.8) is 0 Å². The molecule has 2 N–H and O–H groups in total. The highest BCUT2D eigenvalue weighted by atomic mass is 16.5. The Morgan fingerprint density at radius 3 is 2.60 bits per heavy atom. The molecule has 0 aliphatic carbocycles. The number of likely N-dealkylation sites (tertiary alicyclic amines) is 1. The Morgan fingerprint density at radius 1 is 1.40 bits per heavy atom. The zero-order valence-corrected chi connectivity index (χ0v) is 12.1. The van der Waals surface area contributed by atoms with E-state index in [1.165, 1.54) is 0 Å². The minimum atomic E-state index is -0.742. The molecule has 0 radical (unpaired) electrons. The van der Waals surface area contributed by atoms with E-state index in [1.807, 2.05) is 24.3 Å². The number of amides is 2. The topological polar surface area (TPSA) is 61.8 Å². The summed E-state index contributed by atoms with van der Waals surface area (Å²) in [6.45, 7) is 5.30. The molecule has 1 aliphatic rings. The largest absolute Gasteiger partial charge is 0.494 e. The number of carbonyl (C=O) groups is 1. The summed E-state index contributed by atoms with van der Waals surface area (Å²) in [5.41, 5.74) is -0.0155. The Kier molecular flexibility index (Phi) is 4.49. The van der Waals surface area contributed by atoms with Gasteiger partial charge in [0.1, 0.15) is 5.75 Å². The second-order valence-corrected chi connectivity index (χ2v) is 5.51. The second kappa shape index (κ2) is 6.13. The van der Waals surface area contributed by atoms with Crippen LogP contribution in [0.4, 0.5) is 10.5 Å². The number of anilines is 1. The summed E-state index contributed by atoms with van der Waals surface area (Å²) in [7, 11) is 0. The van der Waals surface area contributed by atoms with Gasteiger partial charge in [-0.2, -0.15) is 0 Å². The fourth-order valence-electron chi connectivity index (χ4n) is 2.09. The maximum Gasteiger partial charge on any atom is 0.322 e. The van der Waals surface area contributed by atoms with Gasteiger partial charge < -0.3 is 20.1 Å². The highest BCUT2D eigenvalue weighted by molar-refractivity contribution is 5.90. The minimum absolute atomic E-state index is 0.184. The first kappa shape index (κ1) is 14.7. The first-order chi connectivity index (χ1) is 9.50. The first-order valence-electron chi connectivity index (χ1n) is 7.01. The van der Waals surface area contributed by atoms with Gasteiger partial charge in [-0.25, -0.2) is 4.79 Å². The van der Waals surface area contributed by atoms with Crippen LogP contribution < -0.4 is 10.1 Å². The third-order valence-corrected chi connectivity index (χ3v) is 3.22. The van der Waals surface area contributed by atoms with Crippen LogP contribution in [-0.2, 0) is 0 Å². The fourth-order valence-corrected chi connectivity index (χ4v) is 2.09. The van der Waals surface area contributed by atoms with Gasteiger partial charge in [0.25, 0.3) is 0 Å². The predicted molar refractivity (Wildman–Crippen MR) is 78.1 cm³/mol. The monoisotopic (exact) mass is 278 g/mol. The summed E-state index contributed by atoms with van der Waals surface area (Å²) in [4.78, 5) is 13.4. The van der Waals surface area contributed by atoms with Gasteiger partial charge in [0.15, 0.2) is 0 Å². The lowest BCUT2D eigenvalue weighted by molar-refractivity contribution is -0.0581. The van der Waals surface area contributed by atoms with Crippen LogP contribution in [0.2, 0.25) is 0 Å². The molecule has 1 heterocycles. The van der Waals surface area contributed by atoms with E-state index in [1.54, 1.807) is 11.8 Å². The lowest BCUT2D eigenvalue weighted by atomic mass is 9.98. The zero-order chi connectivity index (χ0) is 14.6. The molecule has 1 saturated heterocycles. The van der Waals surface area contributed by atoms with Crippen molar-refractivity contribution in [3.05, 3.63) is 24.3 Å². The first-order valence-corrected chi connectivity index (χ1v) is 7.01. The van der Waals surface area contributed by atoms with Crippen LogP contribution in [0.1, 0.15) is 26.7 Å². The SMILES string of the molecule is CCCCOc1ccc(NC(=O)N2CC(C)(O)C2)cc1. The Balaban J connectivity index is 1.80. The normalized spacial score (nSPS) is 16.4. The third kappa shape index (κ3) is 3.87. The lowest BCUT2D eigenvalue weighted by Gasteiger charge is -2.43. The summed E-state index contributed by atoms with van der Waals surface area (Å²) in [6, 6.07) is 7.14. The number of hydrogen-bond donors (Lipinski definition) is 2. The van der Waals surface area contributed by atoms with E-state index in [0.717, 1.165) is 24.3 Å². The lowest BCUT2D eigenvalue weighted by Crippen LogP contribution is -2.62. The zero-order valence-electron chi connectivity index (χ0n) is 12.1. The minimum Gasteiger partial charge on any atom is -0.494 e. The van der Waals surface area contributed by atoms with Crippen LogP contribution in [0.5, 0.6) is 5.75 Å². The van der Waals surface area contributed by atoms with Crippen LogP contribution in [-0.4, -0.2) is 41.3 Å². The summed E-state index contributed by atoms with van der Waals surface area (Å²) in [5, 5.41) is 12.4. The molecule has 2 rings (SSSR count). The maximum atomic E-state index is 11.9. The Bertz CT molecular complexity index is 449. The van der Waals surface area contributed by atoms with Crippen molar-refractivity contribution in [2.45, 2.75) is 32.3 Å². The number of urea groups is 1. The summed E-state index contributed by atoms with van der Waals surface area (Å²) >= 11 is 0. The highest BCUT2D eigenvalue weighted by Crippen LogP contribution is 2.22. The number of nitrogens with one attached hydrogen (secondary N) is 1. The van der Waals surface area contributed by atoms with Gasteiger partial charge in [-0.05, 0) is 37.6 Å². The van der Waals surface area contributed by atoms with E-state index < -0.39 is 5.60 Å². The van der Waals surface area contributed by atoms with E-state index >= 15 is 0 Å². The van der Waals surface area contributed by atoms with Crippen molar-refractivity contribution in [1.29, 1.82) is 0 Å². The van der Waals surface area contributed by atoms with Crippen LogP contribution in [0.25, 0.3) is 0 Å². The van der Waals surface area contributed by atoms with Crippen molar-refractivity contribution in [3.8, 4) is 5.75 Å². The average Bonchev–Trinajstić information content (AvgIpc) is 2.38. The Labute approximate surface area is 119 Å². The number of ether oxygens (including phenoxy) is 1. The number of β-amino-alcohol motifs (C(OH)–C–C–N with tert-alkyl or cyclic N) is 1. The number of unbranched alkanes of at least 4 members (excludes halogenated alkanes) is 1. The Hall–Kier alpha value is -1.75. The standard InChI is InChI=1S/C15H22N2O3/c1-3-4-9-20-13-7-5-12(6-8-13)16-14(18)17-10-15(2,19)11-17/h5-8,19H,3-4,9-11H2,1-2H3,(H,16,18). The van der Waals surface area contributed by atoms with E-state index in [4.69, 9.17) is 4.74 Å². The molecule has 0 unspecified atom stereocenters. The van der Waals surface area contributed by atoms with Crippen LogP contribution >= 0.6 is 0 Å². The number of nitrogens with zero attached hydrogens (tertiary/aromatic N) is 1. The molecule has 0 saturated carbocycles. The molecule has 0 atom stereocenters. The molecule has 5 heteroatoms. The quantitative estimate of drug-likeness (QED) is 0.813. The van der Waals surface area contributed by atoms with Crippen molar-refractivity contribution < 1.29 is 14.6 Å². The molecule has 1 fully saturated rings. The molecule has 110 valence electrons. The molecule has 1 aromatic carbocycles. The maximum absolute atomic E-state index is 11.9. The smallest absolute Gasteiger partial charge is 0.322 e. The van der Waals surface area contributed by atoms with Crippen molar-refractivity contribution in [2.24, 2.45) is 0 Å². The number of aliphatic hydroxyl groups is 1. The molecule has 0 spiro atoms. The van der Waals surface area contributed by atoms with Crippen molar-refractivity contribution >= 4 is 11.7 Å².